The second-order valence-electron chi connectivity index (χ2n) is 8.41. The first-order valence-corrected chi connectivity index (χ1v) is 8.49. The molecule has 3 heteroatoms. The number of hydrogen-bond acceptors (Lipinski definition) is 3. The first-order valence-electron chi connectivity index (χ1n) is 8.49. The predicted octanol–water partition coefficient (Wildman–Crippen LogP) is 5.10. The average molecular weight is 310 g/mol. The Bertz CT molecular complexity index is 802. The fraction of sp³-hybridized carbons (Fsp3) is 0.550. The van der Waals surface area contributed by atoms with Crippen molar-refractivity contribution in [3.05, 3.63) is 47.2 Å². The van der Waals surface area contributed by atoms with Crippen LogP contribution in [0.3, 0.4) is 0 Å². The molecule has 23 heavy (non-hydrogen) atoms. The number of anilines is 1. The van der Waals surface area contributed by atoms with Gasteiger partial charge in [-0.2, -0.15) is 0 Å². The van der Waals surface area contributed by atoms with Crippen molar-refractivity contribution in [1.82, 2.24) is 4.98 Å². The van der Waals surface area contributed by atoms with Crippen LogP contribution in [0.2, 0.25) is 0 Å². The molecule has 3 nitrogen and oxygen atoms in total. The highest BCUT2D eigenvalue weighted by Gasteiger charge is 2.66. The summed E-state index contributed by atoms with van der Waals surface area (Å²) in [7, 11) is 0. The predicted molar refractivity (Wildman–Crippen MR) is 92.7 cm³/mol. The minimum Gasteiger partial charge on any atom is -0.446 e. The summed E-state index contributed by atoms with van der Waals surface area (Å²) in [5.74, 6) is 1.04. The molecule has 1 aromatic carbocycles. The van der Waals surface area contributed by atoms with Crippen molar-refractivity contribution in [3.8, 4) is 0 Å². The lowest BCUT2D eigenvalue weighted by atomic mass is 9.52. The molecule has 0 amide bonds. The molecular weight excluding hydrogens is 284 g/mol. The zero-order chi connectivity index (χ0) is 16.8. The molecule has 0 N–H and O–H groups in total. The van der Waals surface area contributed by atoms with E-state index in [1.54, 1.807) is 6.39 Å². The third-order valence-corrected chi connectivity index (χ3v) is 7.23. The largest absolute Gasteiger partial charge is 0.446 e. The Kier molecular flexibility index (Phi) is 2.58. The maximum atomic E-state index is 5.95. The van der Waals surface area contributed by atoms with Crippen molar-refractivity contribution >= 4 is 5.69 Å². The lowest BCUT2D eigenvalue weighted by Crippen LogP contribution is -2.62. The number of rotatable bonds is 0. The van der Waals surface area contributed by atoms with Crippen LogP contribution in [0.25, 0.3) is 0 Å². The Morgan fingerprint density at radius 2 is 1.83 bits per heavy atom. The van der Waals surface area contributed by atoms with Gasteiger partial charge in [0.25, 0.3) is 0 Å². The van der Waals surface area contributed by atoms with Gasteiger partial charge >= 0.3 is 0 Å². The van der Waals surface area contributed by atoms with Crippen molar-refractivity contribution in [2.45, 2.75) is 65.5 Å². The molecule has 4 rings (SSSR count). The van der Waals surface area contributed by atoms with E-state index < -0.39 is 0 Å². The van der Waals surface area contributed by atoms with E-state index in [1.807, 2.05) is 0 Å². The molecule has 0 saturated carbocycles. The number of hydrogen-bond donors (Lipinski definition) is 0. The van der Waals surface area contributed by atoms with E-state index in [1.165, 1.54) is 16.8 Å². The van der Waals surface area contributed by atoms with Gasteiger partial charge in [-0.25, -0.2) is 4.98 Å². The van der Waals surface area contributed by atoms with Crippen LogP contribution in [-0.4, -0.2) is 4.98 Å². The first kappa shape index (κ1) is 14.8. The third-order valence-electron chi connectivity index (χ3n) is 7.23. The number of aryl methyl sites for hydroxylation is 1. The zero-order valence-electron chi connectivity index (χ0n) is 15.2. The smallest absolute Gasteiger partial charge is 0.181 e. The summed E-state index contributed by atoms with van der Waals surface area (Å²) in [6, 6.07) is 6.92. The summed E-state index contributed by atoms with van der Waals surface area (Å²) in [5, 5.41) is 0. The molecule has 2 aliphatic heterocycles. The van der Waals surface area contributed by atoms with Crippen molar-refractivity contribution in [2.75, 3.05) is 4.90 Å². The summed E-state index contributed by atoms with van der Waals surface area (Å²) in [6.45, 7) is 16.3. The van der Waals surface area contributed by atoms with Gasteiger partial charge in [0, 0.05) is 11.1 Å². The molecule has 0 fully saturated rings. The van der Waals surface area contributed by atoms with Crippen molar-refractivity contribution < 1.29 is 4.42 Å². The SMILES string of the molecule is Cc1cccc2c1N1C(C)c3ncoc3C1(C)C(C)(C)C2(C)C. The lowest BCUT2D eigenvalue weighted by Gasteiger charge is -2.61. The van der Waals surface area contributed by atoms with E-state index in [2.05, 4.69) is 76.5 Å². The van der Waals surface area contributed by atoms with E-state index in [9.17, 15) is 0 Å². The van der Waals surface area contributed by atoms with Gasteiger partial charge in [-0.05, 0) is 37.3 Å². The zero-order valence-corrected chi connectivity index (χ0v) is 15.2. The minimum atomic E-state index is -0.207. The van der Waals surface area contributed by atoms with Gasteiger partial charge in [-0.3, -0.25) is 0 Å². The molecule has 3 heterocycles. The molecule has 122 valence electrons. The van der Waals surface area contributed by atoms with Gasteiger partial charge in [0.2, 0.25) is 0 Å². The molecule has 2 unspecified atom stereocenters. The Morgan fingerprint density at radius 1 is 1.13 bits per heavy atom. The Hall–Kier alpha value is -1.77. The second-order valence-corrected chi connectivity index (χ2v) is 8.41. The van der Waals surface area contributed by atoms with Crippen LogP contribution >= 0.6 is 0 Å². The van der Waals surface area contributed by atoms with Crippen molar-refractivity contribution in [3.63, 3.8) is 0 Å². The molecule has 0 radical (unpaired) electrons. The summed E-state index contributed by atoms with van der Waals surface area (Å²) in [4.78, 5) is 7.11. The number of nitrogens with zero attached hydrogens (tertiary/aromatic N) is 2. The van der Waals surface area contributed by atoms with Crippen LogP contribution in [0.4, 0.5) is 5.69 Å². The topological polar surface area (TPSA) is 29.3 Å². The Labute approximate surface area is 138 Å². The quantitative estimate of drug-likeness (QED) is 0.678. The van der Waals surface area contributed by atoms with Crippen LogP contribution in [0.5, 0.6) is 0 Å². The van der Waals surface area contributed by atoms with Crippen LogP contribution in [0, 0.1) is 12.3 Å². The summed E-state index contributed by atoms with van der Waals surface area (Å²) in [5.41, 5.74) is 5.01. The number of aromatic nitrogens is 1. The standard InChI is InChI=1S/C20H26N2O/c1-12-9-8-10-14-16(12)22-13(2)15-17(23-11-21-15)20(22,7)19(5,6)18(14,3)4/h8-11,13H,1-7H3. The van der Waals surface area contributed by atoms with E-state index in [0.717, 1.165) is 11.5 Å². The number of oxazole rings is 1. The molecule has 0 saturated heterocycles. The van der Waals surface area contributed by atoms with Crippen LogP contribution in [0.1, 0.15) is 70.2 Å². The van der Waals surface area contributed by atoms with E-state index in [0.29, 0.717) is 0 Å². The Balaban J connectivity index is 2.15. The maximum Gasteiger partial charge on any atom is 0.181 e. The van der Waals surface area contributed by atoms with E-state index in [4.69, 9.17) is 4.42 Å². The average Bonchev–Trinajstić information content (AvgIpc) is 3.03. The normalized spacial score (nSPS) is 29.9. The van der Waals surface area contributed by atoms with Crippen LogP contribution in [-0.2, 0) is 11.0 Å². The maximum absolute atomic E-state index is 5.95. The lowest BCUT2D eigenvalue weighted by molar-refractivity contribution is 0.0508. The highest BCUT2D eigenvalue weighted by molar-refractivity contribution is 5.71. The third kappa shape index (κ3) is 1.36. The molecule has 2 aromatic rings. The summed E-state index contributed by atoms with van der Waals surface area (Å²) >= 11 is 0. The monoisotopic (exact) mass is 310 g/mol. The Morgan fingerprint density at radius 3 is 2.52 bits per heavy atom. The number of fused-ring (bicyclic) bond motifs is 5. The summed E-state index contributed by atoms with van der Waals surface area (Å²) < 4.78 is 5.95. The van der Waals surface area contributed by atoms with Gasteiger partial charge < -0.3 is 9.32 Å². The van der Waals surface area contributed by atoms with Gasteiger partial charge in [0.1, 0.15) is 11.2 Å². The van der Waals surface area contributed by atoms with Gasteiger partial charge in [0.05, 0.1) is 6.04 Å². The van der Waals surface area contributed by atoms with Gasteiger partial charge in [0.15, 0.2) is 12.2 Å². The number of benzene rings is 1. The molecular formula is C20H26N2O. The van der Waals surface area contributed by atoms with Crippen molar-refractivity contribution in [2.24, 2.45) is 5.41 Å². The first-order chi connectivity index (χ1) is 10.7. The van der Waals surface area contributed by atoms with E-state index >= 15 is 0 Å². The minimum absolute atomic E-state index is 0.0141. The molecule has 0 aliphatic carbocycles. The van der Waals surface area contributed by atoms with E-state index in [-0.39, 0.29) is 22.4 Å². The number of para-hydroxylation sites is 1. The molecule has 2 atom stereocenters. The molecule has 0 bridgehead atoms. The fourth-order valence-corrected chi connectivity index (χ4v) is 4.97. The van der Waals surface area contributed by atoms with Gasteiger partial charge in [-0.1, -0.05) is 45.9 Å². The highest BCUT2D eigenvalue weighted by atomic mass is 16.3. The van der Waals surface area contributed by atoms with Crippen LogP contribution < -0.4 is 4.90 Å². The highest BCUT2D eigenvalue weighted by Crippen LogP contribution is 2.67. The molecule has 2 aliphatic rings. The second kappa shape index (κ2) is 4.00. The van der Waals surface area contributed by atoms with Crippen molar-refractivity contribution in [1.29, 1.82) is 0 Å². The molecule has 1 aromatic heterocycles. The van der Waals surface area contributed by atoms with Crippen LogP contribution in [0.15, 0.2) is 29.0 Å². The fourth-order valence-electron chi connectivity index (χ4n) is 4.97. The molecule has 0 spiro atoms. The summed E-state index contributed by atoms with van der Waals surface area (Å²) in [6.07, 6.45) is 1.61. The van der Waals surface area contributed by atoms with Gasteiger partial charge in [-0.15, -0.1) is 0 Å².